The molecule has 1 aromatic carbocycles. The van der Waals surface area contributed by atoms with Crippen molar-refractivity contribution in [3.05, 3.63) is 46.4 Å². The molecule has 1 N–H and O–H groups in total. The largest absolute Gasteiger partial charge is 0.340 e. The maximum atomic E-state index is 12.3. The highest BCUT2D eigenvalue weighted by Crippen LogP contribution is 2.23. The number of piperazine rings is 1. The lowest BCUT2D eigenvalue weighted by Gasteiger charge is -2.34. The number of carbonyl (C=O) groups is 2. The van der Waals surface area contributed by atoms with E-state index in [0.717, 1.165) is 61.8 Å². The van der Waals surface area contributed by atoms with Gasteiger partial charge in [0.25, 0.3) is 5.91 Å². The molecule has 0 radical (unpaired) electrons. The zero-order valence-electron chi connectivity index (χ0n) is 17.4. The van der Waals surface area contributed by atoms with Crippen LogP contribution in [0.25, 0.3) is 11.0 Å². The molecule has 2 aromatic heterocycles. The van der Waals surface area contributed by atoms with Crippen LogP contribution in [0.5, 0.6) is 0 Å². The molecule has 7 nitrogen and oxygen atoms in total. The number of nitrogens with one attached hydrogen (secondary N) is 1. The van der Waals surface area contributed by atoms with Gasteiger partial charge in [0.15, 0.2) is 0 Å². The third-order valence-electron chi connectivity index (χ3n) is 5.54. The smallest absolute Gasteiger partial charge is 0.265 e. The van der Waals surface area contributed by atoms with E-state index in [1.807, 2.05) is 47.5 Å². The van der Waals surface area contributed by atoms with Crippen LogP contribution in [0.15, 0.2) is 35.7 Å². The van der Waals surface area contributed by atoms with Gasteiger partial charge in [-0.05, 0) is 36.6 Å². The van der Waals surface area contributed by atoms with E-state index in [2.05, 4.69) is 21.7 Å². The second-order valence-corrected chi connectivity index (χ2v) is 8.37. The third-order valence-corrected chi connectivity index (χ3v) is 6.41. The summed E-state index contributed by atoms with van der Waals surface area (Å²) in [5.74, 6) is 1.15. The van der Waals surface area contributed by atoms with Gasteiger partial charge in [0.1, 0.15) is 5.82 Å². The molecule has 0 unspecified atom stereocenters. The van der Waals surface area contributed by atoms with Crippen molar-refractivity contribution in [2.75, 3.05) is 31.5 Å². The first kappa shape index (κ1) is 20.6. The minimum absolute atomic E-state index is 0.0982. The van der Waals surface area contributed by atoms with E-state index in [1.165, 1.54) is 11.3 Å². The van der Waals surface area contributed by atoms with Gasteiger partial charge in [0.2, 0.25) is 5.91 Å². The lowest BCUT2D eigenvalue weighted by molar-refractivity contribution is -0.132. The lowest BCUT2D eigenvalue weighted by Crippen LogP contribution is -2.48. The highest BCUT2D eigenvalue weighted by atomic mass is 32.1. The van der Waals surface area contributed by atoms with E-state index in [1.54, 1.807) is 0 Å². The Balaban J connectivity index is 1.48. The van der Waals surface area contributed by atoms with E-state index in [-0.39, 0.29) is 11.8 Å². The minimum atomic E-state index is -0.0982. The Morgan fingerprint density at radius 1 is 1.13 bits per heavy atom. The molecule has 158 valence electrons. The molecule has 1 aliphatic heterocycles. The average Bonchev–Trinajstić information content (AvgIpc) is 3.41. The summed E-state index contributed by atoms with van der Waals surface area (Å²) in [6.07, 6.45) is 0.566. The van der Waals surface area contributed by atoms with Gasteiger partial charge in [-0.25, -0.2) is 4.98 Å². The molecule has 0 saturated carbocycles. The summed E-state index contributed by atoms with van der Waals surface area (Å²) in [4.78, 5) is 34.1. The van der Waals surface area contributed by atoms with Crippen molar-refractivity contribution in [3.63, 3.8) is 0 Å². The van der Waals surface area contributed by atoms with Crippen LogP contribution in [0, 0.1) is 0 Å². The van der Waals surface area contributed by atoms with Crippen molar-refractivity contribution in [2.45, 2.75) is 33.4 Å². The molecule has 3 heterocycles. The van der Waals surface area contributed by atoms with Gasteiger partial charge < -0.3 is 14.8 Å². The molecule has 30 heavy (non-hydrogen) atoms. The summed E-state index contributed by atoms with van der Waals surface area (Å²) in [6.45, 7) is 8.90. The monoisotopic (exact) mass is 425 g/mol. The summed E-state index contributed by atoms with van der Waals surface area (Å²) in [7, 11) is 0. The Hall–Kier alpha value is -2.71. The van der Waals surface area contributed by atoms with Crippen LogP contribution >= 0.6 is 11.3 Å². The predicted octanol–water partition coefficient (Wildman–Crippen LogP) is 3.42. The van der Waals surface area contributed by atoms with Crippen LogP contribution < -0.4 is 5.32 Å². The summed E-state index contributed by atoms with van der Waals surface area (Å²) in [6, 6.07) is 9.58. The number of carbonyl (C=O) groups excluding carboxylic acids is 2. The van der Waals surface area contributed by atoms with Crippen LogP contribution in [0.2, 0.25) is 0 Å². The average molecular weight is 426 g/mol. The predicted molar refractivity (Wildman–Crippen MR) is 120 cm³/mol. The Kier molecular flexibility index (Phi) is 6.15. The molecule has 3 aromatic rings. The number of amides is 2. The molecule has 0 bridgehead atoms. The second kappa shape index (κ2) is 8.97. The minimum Gasteiger partial charge on any atom is -0.340 e. The quantitative estimate of drug-likeness (QED) is 0.657. The second-order valence-electron chi connectivity index (χ2n) is 7.42. The molecule has 0 atom stereocenters. The van der Waals surface area contributed by atoms with Crippen molar-refractivity contribution in [1.29, 1.82) is 0 Å². The van der Waals surface area contributed by atoms with E-state index < -0.39 is 0 Å². The maximum absolute atomic E-state index is 12.3. The number of anilines is 1. The molecule has 1 aliphatic rings. The van der Waals surface area contributed by atoms with Crippen molar-refractivity contribution < 1.29 is 9.59 Å². The zero-order valence-corrected chi connectivity index (χ0v) is 18.2. The Bertz CT molecular complexity index is 1040. The Morgan fingerprint density at radius 3 is 2.60 bits per heavy atom. The Morgan fingerprint density at radius 2 is 1.93 bits per heavy atom. The van der Waals surface area contributed by atoms with Crippen molar-refractivity contribution >= 4 is 39.9 Å². The fourth-order valence-electron chi connectivity index (χ4n) is 3.91. The van der Waals surface area contributed by atoms with Gasteiger partial charge in [0, 0.05) is 44.8 Å². The standard InChI is InChI=1S/C22H27N5O2S/c1-3-21(28)26-11-9-25(10-12-26)15-20-24-17-14-16(7-8-18(17)27(20)4-2)23-22(29)19-6-5-13-30-19/h5-8,13-14H,3-4,9-12,15H2,1-2H3,(H,23,29). The van der Waals surface area contributed by atoms with Crippen molar-refractivity contribution in [1.82, 2.24) is 19.4 Å². The third kappa shape index (κ3) is 4.24. The van der Waals surface area contributed by atoms with Gasteiger partial charge >= 0.3 is 0 Å². The van der Waals surface area contributed by atoms with Crippen LogP contribution in [0.1, 0.15) is 35.8 Å². The van der Waals surface area contributed by atoms with E-state index >= 15 is 0 Å². The Labute approximate surface area is 180 Å². The van der Waals surface area contributed by atoms with Gasteiger partial charge in [-0.1, -0.05) is 13.0 Å². The molecule has 2 amide bonds. The fourth-order valence-corrected chi connectivity index (χ4v) is 4.53. The number of benzene rings is 1. The number of aromatic nitrogens is 2. The molecule has 0 spiro atoms. The molecular formula is C22H27N5O2S. The lowest BCUT2D eigenvalue weighted by atomic mass is 10.2. The van der Waals surface area contributed by atoms with Crippen LogP contribution in [0.3, 0.4) is 0 Å². The number of imidazole rings is 1. The SMILES string of the molecule is CCC(=O)N1CCN(Cc2nc3cc(NC(=O)c4cccs4)ccc3n2CC)CC1. The first-order chi connectivity index (χ1) is 14.6. The molecule has 4 rings (SSSR count). The molecule has 8 heteroatoms. The van der Waals surface area contributed by atoms with E-state index in [4.69, 9.17) is 4.98 Å². The van der Waals surface area contributed by atoms with Gasteiger partial charge in [-0.2, -0.15) is 0 Å². The highest BCUT2D eigenvalue weighted by molar-refractivity contribution is 7.12. The number of hydrogen-bond donors (Lipinski definition) is 1. The summed E-state index contributed by atoms with van der Waals surface area (Å²) < 4.78 is 2.23. The van der Waals surface area contributed by atoms with Crippen molar-refractivity contribution in [2.24, 2.45) is 0 Å². The number of thiophene rings is 1. The number of nitrogens with zero attached hydrogens (tertiary/aromatic N) is 4. The number of rotatable bonds is 6. The highest BCUT2D eigenvalue weighted by Gasteiger charge is 2.22. The fraction of sp³-hybridized carbons (Fsp3) is 0.409. The van der Waals surface area contributed by atoms with Gasteiger partial charge in [-0.3, -0.25) is 14.5 Å². The maximum Gasteiger partial charge on any atom is 0.265 e. The number of aryl methyl sites for hydroxylation is 1. The van der Waals surface area contributed by atoms with Crippen LogP contribution in [-0.4, -0.2) is 57.3 Å². The molecular weight excluding hydrogens is 398 g/mol. The van der Waals surface area contributed by atoms with Gasteiger partial charge in [0.05, 0.1) is 22.5 Å². The van der Waals surface area contributed by atoms with Crippen molar-refractivity contribution in [3.8, 4) is 0 Å². The zero-order chi connectivity index (χ0) is 21.1. The van der Waals surface area contributed by atoms with Gasteiger partial charge in [-0.15, -0.1) is 11.3 Å². The molecule has 1 fully saturated rings. The first-order valence-corrected chi connectivity index (χ1v) is 11.3. The van der Waals surface area contributed by atoms with E-state index in [9.17, 15) is 9.59 Å². The topological polar surface area (TPSA) is 70.5 Å². The van der Waals surface area contributed by atoms with E-state index in [0.29, 0.717) is 11.3 Å². The summed E-state index contributed by atoms with van der Waals surface area (Å²) in [5.41, 5.74) is 2.71. The number of fused-ring (bicyclic) bond motifs is 1. The summed E-state index contributed by atoms with van der Waals surface area (Å²) >= 11 is 1.42. The first-order valence-electron chi connectivity index (χ1n) is 10.4. The normalized spacial score (nSPS) is 14.9. The molecule has 1 saturated heterocycles. The van der Waals surface area contributed by atoms with Crippen LogP contribution in [0.4, 0.5) is 5.69 Å². The number of hydrogen-bond acceptors (Lipinski definition) is 5. The summed E-state index contributed by atoms with van der Waals surface area (Å²) in [5, 5.41) is 4.85. The molecule has 0 aliphatic carbocycles. The van der Waals surface area contributed by atoms with Crippen LogP contribution in [-0.2, 0) is 17.9 Å².